The van der Waals surface area contributed by atoms with Crippen molar-refractivity contribution in [1.82, 2.24) is 4.31 Å². The van der Waals surface area contributed by atoms with E-state index in [1.807, 2.05) is 32.0 Å². The lowest BCUT2D eigenvalue weighted by Gasteiger charge is -2.29. The summed E-state index contributed by atoms with van der Waals surface area (Å²) < 4.78 is 51.5. The lowest BCUT2D eigenvalue weighted by Crippen LogP contribution is -2.41. The smallest absolute Gasteiger partial charge is 0.258 e. The highest BCUT2D eigenvalue weighted by Crippen LogP contribution is 2.28. The van der Waals surface area contributed by atoms with Gasteiger partial charge in [0.05, 0.1) is 16.7 Å². The number of rotatable bonds is 5. The van der Waals surface area contributed by atoms with Crippen LogP contribution in [-0.4, -0.2) is 51.9 Å². The Labute approximate surface area is 195 Å². The van der Waals surface area contributed by atoms with E-state index >= 15 is 0 Å². The molecular formula is C24H28N2O5S2. The number of hydrogen-bond donors (Lipinski definition) is 0. The van der Waals surface area contributed by atoms with Gasteiger partial charge in [0.1, 0.15) is 0 Å². The average Bonchev–Trinajstić information content (AvgIpc) is 3.13. The van der Waals surface area contributed by atoms with Gasteiger partial charge in [-0.1, -0.05) is 12.5 Å². The van der Waals surface area contributed by atoms with Crippen molar-refractivity contribution in [3.63, 3.8) is 0 Å². The Hall–Kier alpha value is -2.49. The topological polar surface area (TPSA) is 91.8 Å². The first-order chi connectivity index (χ1) is 15.6. The molecule has 176 valence electrons. The number of sulfonamides is 1. The van der Waals surface area contributed by atoms with E-state index in [2.05, 4.69) is 0 Å². The predicted molar refractivity (Wildman–Crippen MR) is 128 cm³/mol. The van der Waals surface area contributed by atoms with Crippen LogP contribution in [0.15, 0.2) is 58.8 Å². The van der Waals surface area contributed by atoms with Crippen LogP contribution in [0.3, 0.4) is 0 Å². The van der Waals surface area contributed by atoms with Crippen molar-refractivity contribution in [2.75, 3.05) is 23.7 Å². The molecule has 7 nitrogen and oxygen atoms in total. The van der Waals surface area contributed by atoms with Gasteiger partial charge in [-0.15, -0.1) is 0 Å². The Kier molecular flexibility index (Phi) is 6.48. The first-order valence-corrected chi connectivity index (χ1v) is 14.2. The third-order valence-electron chi connectivity index (χ3n) is 6.00. The van der Waals surface area contributed by atoms with E-state index in [1.54, 1.807) is 0 Å². The van der Waals surface area contributed by atoms with Crippen LogP contribution in [0.4, 0.5) is 5.69 Å². The molecule has 2 aliphatic heterocycles. The second kappa shape index (κ2) is 9.04. The molecule has 1 saturated heterocycles. The van der Waals surface area contributed by atoms with Crippen molar-refractivity contribution in [2.45, 2.75) is 44.0 Å². The number of carbonyl (C=O) groups is 1. The van der Waals surface area contributed by atoms with Gasteiger partial charge in [0.15, 0.2) is 9.84 Å². The molecule has 33 heavy (non-hydrogen) atoms. The molecule has 0 spiro atoms. The standard InChI is InChI=1S/C24H28N2O5S2/c1-18-14-19(2)16-22(15-18)26(21-10-13-32(28,29)17-21)24(27)20-6-8-23(9-7-20)33(30,31)25-11-4-3-5-12-25/h6-10,13-16,21H,3-5,11-12,17H2,1-2H3/t21-/m0/s1. The maximum absolute atomic E-state index is 13.6. The third kappa shape index (κ3) is 5.05. The van der Waals surface area contributed by atoms with Crippen molar-refractivity contribution >= 4 is 31.5 Å². The van der Waals surface area contributed by atoms with Gasteiger partial charge in [-0.2, -0.15) is 4.31 Å². The van der Waals surface area contributed by atoms with E-state index in [-0.39, 0.29) is 16.6 Å². The van der Waals surface area contributed by atoms with Gasteiger partial charge < -0.3 is 4.90 Å². The van der Waals surface area contributed by atoms with Crippen molar-refractivity contribution in [3.8, 4) is 0 Å². The Morgan fingerprint density at radius 2 is 1.58 bits per heavy atom. The van der Waals surface area contributed by atoms with Gasteiger partial charge in [-0.25, -0.2) is 16.8 Å². The number of piperidine rings is 1. The minimum Gasteiger partial charge on any atom is -0.300 e. The number of sulfone groups is 1. The van der Waals surface area contributed by atoms with Crippen LogP contribution in [-0.2, 0) is 19.9 Å². The molecule has 2 aromatic carbocycles. The van der Waals surface area contributed by atoms with Crippen LogP contribution in [0.2, 0.25) is 0 Å². The van der Waals surface area contributed by atoms with Crippen molar-refractivity contribution in [1.29, 1.82) is 0 Å². The van der Waals surface area contributed by atoms with E-state index in [1.165, 1.54) is 39.5 Å². The molecule has 2 aliphatic rings. The molecule has 0 aliphatic carbocycles. The molecule has 1 amide bonds. The van der Waals surface area contributed by atoms with Crippen LogP contribution in [0.5, 0.6) is 0 Å². The lowest BCUT2D eigenvalue weighted by molar-refractivity contribution is 0.0983. The Morgan fingerprint density at radius 3 is 2.12 bits per heavy atom. The van der Waals surface area contributed by atoms with Gasteiger partial charge in [0.2, 0.25) is 10.0 Å². The molecule has 0 bridgehead atoms. The Morgan fingerprint density at radius 1 is 0.970 bits per heavy atom. The van der Waals surface area contributed by atoms with Gasteiger partial charge in [0, 0.05) is 29.7 Å². The van der Waals surface area contributed by atoms with Crippen molar-refractivity contribution < 1.29 is 21.6 Å². The molecule has 0 aromatic heterocycles. The van der Waals surface area contributed by atoms with Crippen LogP contribution >= 0.6 is 0 Å². The zero-order valence-corrected chi connectivity index (χ0v) is 20.4. The minimum atomic E-state index is -3.60. The second-order valence-electron chi connectivity index (χ2n) is 8.74. The summed E-state index contributed by atoms with van der Waals surface area (Å²) in [5.74, 6) is -0.568. The fourth-order valence-corrected chi connectivity index (χ4v) is 7.22. The number of nitrogens with zero attached hydrogens (tertiary/aromatic N) is 2. The first-order valence-electron chi connectivity index (χ1n) is 11.0. The molecule has 0 N–H and O–H groups in total. The summed E-state index contributed by atoms with van der Waals surface area (Å²) in [6.07, 6.45) is 4.25. The minimum absolute atomic E-state index is 0.155. The largest absolute Gasteiger partial charge is 0.300 e. The summed E-state index contributed by atoms with van der Waals surface area (Å²) in [7, 11) is -6.98. The molecule has 0 saturated carbocycles. The van der Waals surface area contributed by atoms with Crippen LogP contribution in [0.25, 0.3) is 0 Å². The molecule has 2 heterocycles. The highest BCUT2D eigenvalue weighted by Gasteiger charge is 2.33. The average molecular weight is 489 g/mol. The summed E-state index contributed by atoms with van der Waals surface area (Å²) in [5, 5.41) is 1.15. The number of benzene rings is 2. The SMILES string of the molecule is Cc1cc(C)cc(N(C(=O)c2ccc(S(=O)(=O)N3CCCCC3)cc2)[C@H]2C=CS(=O)(=O)C2)c1. The van der Waals surface area contributed by atoms with E-state index < -0.39 is 25.9 Å². The van der Waals surface area contributed by atoms with Gasteiger partial charge in [0.25, 0.3) is 5.91 Å². The Bertz CT molecular complexity index is 1270. The Balaban J connectivity index is 1.67. The molecule has 2 aromatic rings. The van der Waals surface area contributed by atoms with Crippen LogP contribution in [0.1, 0.15) is 40.7 Å². The van der Waals surface area contributed by atoms with E-state index in [4.69, 9.17) is 0 Å². The summed E-state index contributed by atoms with van der Waals surface area (Å²) in [6, 6.07) is 11.0. The van der Waals surface area contributed by atoms with E-state index in [0.29, 0.717) is 24.3 Å². The van der Waals surface area contributed by atoms with Crippen molar-refractivity contribution in [3.05, 3.63) is 70.6 Å². The maximum atomic E-state index is 13.6. The van der Waals surface area contributed by atoms with Gasteiger partial charge in [-0.3, -0.25) is 4.79 Å². The quantitative estimate of drug-likeness (QED) is 0.643. The highest BCUT2D eigenvalue weighted by atomic mass is 32.2. The fourth-order valence-electron chi connectivity index (χ4n) is 4.43. The molecule has 9 heteroatoms. The normalized spacial score (nSPS) is 20.6. The fraction of sp³-hybridized carbons (Fsp3) is 0.375. The molecule has 1 atom stereocenters. The number of carbonyl (C=O) groups excluding carboxylic acids is 1. The van der Waals surface area contributed by atoms with Crippen LogP contribution < -0.4 is 4.90 Å². The molecule has 4 rings (SSSR count). The monoisotopic (exact) mass is 488 g/mol. The second-order valence-corrected chi connectivity index (χ2v) is 12.6. The first kappa shape index (κ1) is 23.7. The van der Waals surface area contributed by atoms with E-state index in [0.717, 1.165) is 35.8 Å². The third-order valence-corrected chi connectivity index (χ3v) is 9.29. The number of aryl methyl sites for hydroxylation is 2. The zero-order valence-electron chi connectivity index (χ0n) is 18.8. The molecule has 0 unspecified atom stereocenters. The predicted octanol–water partition coefficient (Wildman–Crippen LogP) is 3.44. The summed E-state index contributed by atoms with van der Waals surface area (Å²) in [5.41, 5.74) is 2.81. The van der Waals surface area contributed by atoms with Crippen LogP contribution in [0, 0.1) is 13.8 Å². The number of hydrogen-bond acceptors (Lipinski definition) is 5. The van der Waals surface area contributed by atoms with Gasteiger partial charge in [-0.05, 0) is 80.3 Å². The maximum Gasteiger partial charge on any atom is 0.258 e. The molecule has 1 fully saturated rings. The van der Waals surface area contributed by atoms with E-state index in [9.17, 15) is 21.6 Å². The van der Waals surface area contributed by atoms with Crippen molar-refractivity contribution in [2.24, 2.45) is 0 Å². The molecular weight excluding hydrogens is 460 g/mol. The summed E-state index contributed by atoms with van der Waals surface area (Å²) >= 11 is 0. The molecule has 0 radical (unpaired) electrons. The van der Waals surface area contributed by atoms with Gasteiger partial charge >= 0.3 is 0 Å². The highest BCUT2D eigenvalue weighted by molar-refractivity contribution is 7.94. The number of amides is 1. The lowest BCUT2D eigenvalue weighted by atomic mass is 10.1. The zero-order chi connectivity index (χ0) is 23.8. The summed E-state index contributed by atoms with van der Waals surface area (Å²) in [6.45, 7) is 4.85. The number of anilines is 1. The summed E-state index contributed by atoms with van der Waals surface area (Å²) in [4.78, 5) is 15.2.